The molecule has 4 nitrogen and oxygen atoms in total. The van der Waals surface area contributed by atoms with E-state index in [1.807, 2.05) is 19.2 Å². The van der Waals surface area contributed by atoms with Crippen molar-refractivity contribution >= 4 is 21.8 Å². The first-order valence-electron chi connectivity index (χ1n) is 6.78. The number of hydrogen-bond donors (Lipinski definition) is 2. The quantitative estimate of drug-likeness (QED) is 0.773. The van der Waals surface area contributed by atoms with Gasteiger partial charge in [-0.05, 0) is 36.8 Å². The first-order chi connectivity index (χ1) is 9.40. The molecule has 0 spiro atoms. The lowest BCUT2D eigenvalue weighted by Gasteiger charge is -2.13. The van der Waals surface area contributed by atoms with Crippen molar-refractivity contribution in [3.05, 3.63) is 29.8 Å². The number of nitrogens with one attached hydrogen (secondary N) is 1. The summed E-state index contributed by atoms with van der Waals surface area (Å²) in [6.07, 6.45) is 3.62. The maximum atomic E-state index is 12.2. The van der Waals surface area contributed by atoms with Crippen molar-refractivity contribution in [3.63, 3.8) is 0 Å². The molecular weight excluding hydrogens is 292 g/mol. The molecule has 3 N–H and O–H groups in total. The van der Waals surface area contributed by atoms with Crippen LogP contribution in [0.3, 0.4) is 0 Å². The molecule has 1 aromatic rings. The lowest BCUT2D eigenvalue weighted by Crippen LogP contribution is -2.26. The Bertz CT molecular complexity index is 518. The van der Waals surface area contributed by atoms with E-state index in [1.165, 1.54) is 0 Å². The van der Waals surface area contributed by atoms with Gasteiger partial charge >= 0.3 is 0 Å². The smallest absolute Gasteiger partial charge is 0.240 e. The summed E-state index contributed by atoms with van der Waals surface area (Å²) in [7, 11) is -3.44. The van der Waals surface area contributed by atoms with Gasteiger partial charge in [0.2, 0.25) is 10.0 Å². The number of benzene rings is 1. The molecule has 0 saturated heterocycles. The molecule has 0 aliphatic heterocycles. The molecule has 0 aromatic heterocycles. The topological polar surface area (TPSA) is 72.2 Å². The molecule has 0 saturated carbocycles. The van der Waals surface area contributed by atoms with E-state index >= 15 is 0 Å². The molecule has 0 fully saturated rings. The van der Waals surface area contributed by atoms with E-state index in [0.717, 1.165) is 18.4 Å². The zero-order chi connectivity index (χ0) is 15.2. The molecule has 2 atom stereocenters. The minimum absolute atomic E-state index is 0.123. The second-order valence-corrected chi connectivity index (χ2v) is 7.86. The van der Waals surface area contributed by atoms with Gasteiger partial charge < -0.3 is 5.73 Å². The van der Waals surface area contributed by atoms with Crippen LogP contribution < -0.4 is 10.5 Å². The normalized spacial score (nSPS) is 15.0. The van der Waals surface area contributed by atoms with Gasteiger partial charge in [0, 0.05) is 17.8 Å². The van der Waals surface area contributed by atoms with Gasteiger partial charge in [0.1, 0.15) is 0 Å². The standard InChI is InChI=1S/C14H24N2O2S2/c1-4-14(15)12-6-5-7-13(10-12)20(17,18)16-9-8-11(2)19-3/h5-7,10-11,14,16H,4,8-9,15H2,1-3H3. The SMILES string of the molecule is CCC(N)c1cccc(S(=O)(=O)NCCC(C)SC)c1. The third-order valence-corrected chi connectivity index (χ3v) is 5.78. The van der Waals surface area contributed by atoms with Crippen LogP contribution in [-0.4, -0.2) is 26.5 Å². The summed E-state index contributed by atoms with van der Waals surface area (Å²) in [5.41, 5.74) is 6.80. The molecule has 1 rings (SSSR count). The zero-order valence-electron chi connectivity index (χ0n) is 12.3. The molecule has 0 radical (unpaired) electrons. The van der Waals surface area contributed by atoms with Gasteiger partial charge in [-0.25, -0.2) is 13.1 Å². The second kappa shape index (κ2) is 8.02. The minimum Gasteiger partial charge on any atom is -0.324 e. The molecule has 0 bridgehead atoms. The maximum absolute atomic E-state index is 12.2. The van der Waals surface area contributed by atoms with Crippen LogP contribution in [0.1, 0.15) is 38.3 Å². The van der Waals surface area contributed by atoms with E-state index in [2.05, 4.69) is 11.6 Å². The summed E-state index contributed by atoms with van der Waals surface area (Å²) in [5.74, 6) is 0. The fourth-order valence-electron chi connectivity index (χ4n) is 1.75. The molecule has 2 unspecified atom stereocenters. The Kier molecular flexibility index (Phi) is 7.02. The van der Waals surface area contributed by atoms with Crippen LogP contribution in [0, 0.1) is 0 Å². The Morgan fingerprint density at radius 3 is 2.70 bits per heavy atom. The van der Waals surface area contributed by atoms with Crippen LogP contribution in [0.25, 0.3) is 0 Å². The predicted octanol–water partition coefficient (Wildman–Crippen LogP) is 2.52. The highest BCUT2D eigenvalue weighted by atomic mass is 32.2. The molecule has 114 valence electrons. The number of thioether (sulfide) groups is 1. The number of rotatable bonds is 8. The van der Waals surface area contributed by atoms with E-state index in [0.29, 0.717) is 11.8 Å². The largest absolute Gasteiger partial charge is 0.324 e. The van der Waals surface area contributed by atoms with Gasteiger partial charge in [0.25, 0.3) is 0 Å². The summed E-state index contributed by atoms with van der Waals surface area (Å²) in [6.45, 7) is 4.52. The van der Waals surface area contributed by atoms with Crippen molar-refractivity contribution in [1.82, 2.24) is 4.72 Å². The first kappa shape index (κ1) is 17.5. The lowest BCUT2D eigenvalue weighted by atomic mass is 10.1. The fourth-order valence-corrected chi connectivity index (χ4v) is 3.20. The first-order valence-corrected chi connectivity index (χ1v) is 9.55. The summed E-state index contributed by atoms with van der Waals surface area (Å²) >= 11 is 1.73. The van der Waals surface area contributed by atoms with Gasteiger partial charge in [-0.15, -0.1) is 0 Å². The molecule has 6 heteroatoms. The van der Waals surface area contributed by atoms with E-state index in [9.17, 15) is 8.42 Å². The highest BCUT2D eigenvalue weighted by Gasteiger charge is 2.15. The predicted molar refractivity (Wildman–Crippen MR) is 86.4 cm³/mol. The summed E-state index contributed by atoms with van der Waals surface area (Å²) in [4.78, 5) is 0.288. The Hall–Kier alpha value is -0.560. The van der Waals surface area contributed by atoms with Gasteiger partial charge in [0.15, 0.2) is 0 Å². The molecule has 0 aliphatic rings. The van der Waals surface area contributed by atoms with Crippen molar-refractivity contribution in [2.45, 2.75) is 42.9 Å². The Morgan fingerprint density at radius 2 is 2.10 bits per heavy atom. The van der Waals surface area contributed by atoms with E-state index in [1.54, 1.807) is 30.0 Å². The number of hydrogen-bond acceptors (Lipinski definition) is 4. The molecule has 0 amide bonds. The van der Waals surface area contributed by atoms with Gasteiger partial charge in [-0.2, -0.15) is 11.8 Å². The number of nitrogens with two attached hydrogens (primary N) is 1. The van der Waals surface area contributed by atoms with Crippen molar-refractivity contribution in [1.29, 1.82) is 0 Å². The Morgan fingerprint density at radius 1 is 1.40 bits per heavy atom. The molecular formula is C14H24N2O2S2. The second-order valence-electron chi connectivity index (χ2n) is 4.82. The summed E-state index contributed by atoms with van der Waals surface area (Å²) in [6, 6.07) is 6.75. The van der Waals surface area contributed by atoms with Gasteiger partial charge in [0.05, 0.1) is 4.90 Å². The monoisotopic (exact) mass is 316 g/mol. The van der Waals surface area contributed by atoms with Crippen LogP contribution in [0.15, 0.2) is 29.2 Å². The third-order valence-electron chi connectivity index (χ3n) is 3.28. The van der Waals surface area contributed by atoms with Crippen LogP contribution in [0.2, 0.25) is 0 Å². The van der Waals surface area contributed by atoms with Crippen LogP contribution >= 0.6 is 11.8 Å². The number of sulfonamides is 1. The van der Waals surface area contributed by atoms with Gasteiger partial charge in [-0.3, -0.25) is 0 Å². The summed E-state index contributed by atoms with van der Waals surface area (Å²) < 4.78 is 27.1. The van der Waals surface area contributed by atoms with E-state index < -0.39 is 10.0 Å². The lowest BCUT2D eigenvalue weighted by molar-refractivity contribution is 0.578. The highest BCUT2D eigenvalue weighted by molar-refractivity contribution is 7.99. The molecule has 0 heterocycles. The third kappa shape index (κ3) is 5.09. The van der Waals surface area contributed by atoms with Crippen LogP contribution in [0.4, 0.5) is 0 Å². The summed E-state index contributed by atoms with van der Waals surface area (Å²) in [5, 5.41) is 0.442. The molecule has 20 heavy (non-hydrogen) atoms. The maximum Gasteiger partial charge on any atom is 0.240 e. The van der Waals surface area contributed by atoms with Crippen molar-refractivity contribution in [2.24, 2.45) is 5.73 Å². The highest BCUT2D eigenvalue weighted by Crippen LogP contribution is 2.18. The average molecular weight is 316 g/mol. The van der Waals surface area contributed by atoms with Gasteiger partial charge in [-0.1, -0.05) is 26.0 Å². The molecule has 1 aromatic carbocycles. The fraction of sp³-hybridized carbons (Fsp3) is 0.571. The zero-order valence-corrected chi connectivity index (χ0v) is 13.9. The van der Waals surface area contributed by atoms with Crippen LogP contribution in [-0.2, 0) is 10.0 Å². The van der Waals surface area contributed by atoms with Crippen molar-refractivity contribution in [2.75, 3.05) is 12.8 Å². The Labute approximate surface area is 126 Å². The van der Waals surface area contributed by atoms with E-state index in [4.69, 9.17) is 5.73 Å². The van der Waals surface area contributed by atoms with Crippen molar-refractivity contribution < 1.29 is 8.42 Å². The van der Waals surface area contributed by atoms with Crippen molar-refractivity contribution in [3.8, 4) is 0 Å². The van der Waals surface area contributed by atoms with E-state index in [-0.39, 0.29) is 10.9 Å². The minimum atomic E-state index is -3.44. The van der Waals surface area contributed by atoms with Crippen LogP contribution in [0.5, 0.6) is 0 Å². The Balaban J connectivity index is 2.77. The average Bonchev–Trinajstić information content (AvgIpc) is 2.46. The molecule has 0 aliphatic carbocycles.